The van der Waals surface area contributed by atoms with E-state index in [-0.39, 0.29) is 18.9 Å². The fraction of sp³-hybridized carbons (Fsp3) is 0.500. The molecule has 0 radical (unpaired) electrons. The molecule has 4 amide bonds. The molecule has 0 unspecified atom stereocenters. The van der Waals surface area contributed by atoms with Crippen molar-refractivity contribution in [3.8, 4) is 17.2 Å². The van der Waals surface area contributed by atoms with Gasteiger partial charge in [0.15, 0.2) is 16.6 Å². The number of hydrogen-bond donors (Lipinski definition) is 2. The number of unbranched alkanes of at least 4 members (excludes halogenated alkanes) is 3. The molecule has 1 saturated heterocycles. The molecule has 0 aromatic heterocycles. The molecule has 0 aliphatic carbocycles. The number of barbiturate groups is 1. The van der Waals surface area contributed by atoms with Gasteiger partial charge in [0.05, 0.1) is 7.11 Å². The molecule has 190 valence electrons. The van der Waals surface area contributed by atoms with Gasteiger partial charge >= 0.3 is 6.03 Å². The monoisotopic (exact) mass is 504 g/mol. The Labute approximate surface area is 210 Å². The number of fused-ring (bicyclic) bond motifs is 1. The van der Waals surface area contributed by atoms with E-state index < -0.39 is 17.8 Å². The highest BCUT2D eigenvalue weighted by Crippen LogP contribution is 2.46. The molecule has 1 aromatic rings. The van der Waals surface area contributed by atoms with Crippen LogP contribution in [0.1, 0.15) is 43.7 Å². The summed E-state index contributed by atoms with van der Waals surface area (Å²) >= 11 is 5.29. The second-order valence-electron chi connectivity index (χ2n) is 8.28. The molecule has 2 aliphatic rings. The quantitative estimate of drug-likeness (QED) is 0.215. The summed E-state index contributed by atoms with van der Waals surface area (Å²) in [6.07, 6.45) is 5.59. The average Bonchev–Trinajstić information content (AvgIpc) is 3.31. The second kappa shape index (κ2) is 11.9. The van der Waals surface area contributed by atoms with Crippen LogP contribution < -0.4 is 24.8 Å². The Hall–Kier alpha value is -3.34. The van der Waals surface area contributed by atoms with E-state index in [1.165, 1.54) is 13.2 Å². The van der Waals surface area contributed by atoms with Gasteiger partial charge in [-0.1, -0.05) is 26.2 Å². The van der Waals surface area contributed by atoms with Gasteiger partial charge in [-0.25, -0.2) is 4.79 Å². The first-order chi connectivity index (χ1) is 16.8. The number of amides is 4. The van der Waals surface area contributed by atoms with Crippen molar-refractivity contribution in [2.24, 2.45) is 0 Å². The van der Waals surface area contributed by atoms with Crippen LogP contribution in [0, 0.1) is 0 Å². The molecule has 3 rings (SSSR count). The number of nitrogens with zero attached hydrogens (tertiary/aromatic N) is 2. The smallest absolute Gasteiger partial charge is 0.331 e. The third kappa shape index (κ3) is 5.84. The van der Waals surface area contributed by atoms with Gasteiger partial charge in [-0.2, -0.15) is 0 Å². The number of nitrogens with one attached hydrogen (secondary N) is 2. The van der Waals surface area contributed by atoms with Gasteiger partial charge in [0.25, 0.3) is 11.8 Å². The number of hydrogen-bond acceptors (Lipinski definition) is 7. The molecule has 0 saturated carbocycles. The van der Waals surface area contributed by atoms with Crippen molar-refractivity contribution in [1.29, 1.82) is 0 Å². The first kappa shape index (κ1) is 26.3. The Kier molecular flexibility index (Phi) is 8.91. The average molecular weight is 505 g/mol. The molecule has 2 aliphatic heterocycles. The summed E-state index contributed by atoms with van der Waals surface area (Å²) < 4.78 is 16.8. The van der Waals surface area contributed by atoms with Crippen molar-refractivity contribution in [3.05, 3.63) is 22.8 Å². The van der Waals surface area contributed by atoms with Crippen LogP contribution in [0.2, 0.25) is 0 Å². The first-order valence-electron chi connectivity index (χ1n) is 11.6. The van der Waals surface area contributed by atoms with Gasteiger partial charge in [-0.3, -0.25) is 19.8 Å². The van der Waals surface area contributed by atoms with Crippen molar-refractivity contribution in [3.63, 3.8) is 0 Å². The summed E-state index contributed by atoms with van der Waals surface area (Å²) in [7, 11) is 5.10. The summed E-state index contributed by atoms with van der Waals surface area (Å²) in [5.74, 6) is -0.102. The normalized spacial score (nSPS) is 15.9. The van der Waals surface area contributed by atoms with Crippen molar-refractivity contribution < 1.29 is 28.6 Å². The fourth-order valence-electron chi connectivity index (χ4n) is 3.96. The molecule has 10 nitrogen and oxygen atoms in total. The van der Waals surface area contributed by atoms with E-state index in [1.807, 2.05) is 18.0 Å². The van der Waals surface area contributed by atoms with E-state index in [4.69, 9.17) is 26.4 Å². The molecule has 0 atom stereocenters. The molecule has 1 fully saturated rings. The molecule has 35 heavy (non-hydrogen) atoms. The van der Waals surface area contributed by atoms with Gasteiger partial charge < -0.3 is 24.4 Å². The van der Waals surface area contributed by atoms with Crippen molar-refractivity contribution in [1.82, 2.24) is 20.4 Å². The largest absolute Gasteiger partial charge is 0.492 e. The lowest BCUT2D eigenvalue weighted by molar-refractivity contribution is -0.130. The van der Waals surface area contributed by atoms with Gasteiger partial charge in [-0.05, 0) is 42.8 Å². The lowest BCUT2D eigenvalue weighted by Gasteiger charge is -2.27. The first-order valence-corrected chi connectivity index (χ1v) is 12.0. The molecule has 1 aromatic carbocycles. The number of urea groups is 1. The number of methoxy groups -OCH3 is 1. The molecule has 2 N–H and O–H groups in total. The van der Waals surface area contributed by atoms with Gasteiger partial charge in [0.1, 0.15) is 5.57 Å². The van der Waals surface area contributed by atoms with Crippen LogP contribution in [-0.4, -0.2) is 73.8 Å². The van der Waals surface area contributed by atoms with Crippen molar-refractivity contribution >= 4 is 41.3 Å². The van der Waals surface area contributed by atoms with Crippen LogP contribution in [0.5, 0.6) is 17.2 Å². The predicted molar refractivity (Wildman–Crippen MR) is 134 cm³/mol. The van der Waals surface area contributed by atoms with Crippen LogP contribution >= 0.6 is 12.2 Å². The summed E-state index contributed by atoms with van der Waals surface area (Å²) in [5.41, 5.74) is 1.15. The fourth-order valence-corrected chi connectivity index (χ4v) is 4.06. The van der Waals surface area contributed by atoms with Crippen LogP contribution in [0.4, 0.5) is 4.79 Å². The maximum atomic E-state index is 13.2. The molecule has 2 heterocycles. The summed E-state index contributed by atoms with van der Waals surface area (Å²) in [4.78, 5) is 41.2. The van der Waals surface area contributed by atoms with Crippen LogP contribution in [0.3, 0.4) is 0 Å². The standard InChI is InChI=1S/C24H32N4O6S/c1-5-6-7-8-10-28-22(30)17(21(29)26-23(28)31)13-16-15(9-11-27(3)24(35)25-2)12-18-20(19(16)32-4)34-14-33-18/h12-13H,5-11,14H2,1-4H3,(H,25,35)(H,26,29,31). The van der Waals surface area contributed by atoms with E-state index >= 15 is 0 Å². The highest BCUT2D eigenvalue weighted by molar-refractivity contribution is 7.80. The van der Waals surface area contributed by atoms with Gasteiger partial charge in [0, 0.05) is 32.7 Å². The zero-order chi connectivity index (χ0) is 25.5. The predicted octanol–water partition coefficient (Wildman–Crippen LogP) is 2.44. The third-order valence-corrected chi connectivity index (χ3v) is 6.45. The molecule has 0 bridgehead atoms. The van der Waals surface area contributed by atoms with Crippen LogP contribution in [0.15, 0.2) is 11.6 Å². The minimum absolute atomic E-state index is 0.0361. The molecule has 0 spiro atoms. The number of thiocarbonyl (C=S) groups is 1. The van der Waals surface area contributed by atoms with E-state index in [2.05, 4.69) is 17.6 Å². The Morgan fingerprint density at radius 3 is 2.74 bits per heavy atom. The Morgan fingerprint density at radius 2 is 2.06 bits per heavy atom. The van der Waals surface area contributed by atoms with Crippen molar-refractivity contribution in [2.45, 2.75) is 39.0 Å². The van der Waals surface area contributed by atoms with Crippen molar-refractivity contribution in [2.75, 3.05) is 41.1 Å². The summed E-state index contributed by atoms with van der Waals surface area (Å²) in [6.45, 7) is 2.92. The number of rotatable bonds is 10. The van der Waals surface area contributed by atoms with Gasteiger partial charge in [-0.15, -0.1) is 0 Å². The molecular formula is C24H32N4O6S. The van der Waals surface area contributed by atoms with E-state index in [0.29, 0.717) is 47.3 Å². The van der Waals surface area contributed by atoms with Crippen LogP contribution in [0.25, 0.3) is 6.08 Å². The maximum absolute atomic E-state index is 13.2. The lowest BCUT2D eigenvalue weighted by Crippen LogP contribution is -2.54. The summed E-state index contributed by atoms with van der Waals surface area (Å²) in [6, 6.07) is 1.11. The zero-order valence-corrected chi connectivity index (χ0v) is 21.4. The summed E-state index contributed by atoms with van der Waals surface area (Å²) in [5, 5.41) is 5.79. The Balaban J connectivity index is 1.98. The number of likely N-dealkylation sites (N-methyl/N-ethyl adjacent to an activating group) is 1. The lowest BCUT2D eigenvalue weighted by atomic mass is 9.98. The number of benzene rings is 1. The SMILES string of the molecule is CCCCCCN1C(=O)NC(=O)C(=Cc2c(CCN(C)C(=S)NC)cc3c(c2OC)OCO3)C1=O. The van der Waals surface area contributed by atoms with Crippen LogP contribution in [-0.2, 0) is 16.0 Å². The highest BCUT2D eigenvalue weighted by Gasteiger charge is 2.36. The van der Waals surface area contributed by atoms with Gasteiger partial charge in [0.2, 0.25) is 12.5 Å². The number of carbonyl (C=O) groups is 3. The molecule has 11 heteroatoms. The number of imide groups is 2. The maximum Gasteiger partial charge on any atom is 0.331 e. The Bertz CT molecular complexity index is 1040. The molecular weight excluding hydrogens is 472 g/mol. The third-order valence-electron chi connectivity index (χ3n) is 5.93. The zero-order valence-electron chi connectivity index (χ0n) is 20.6. The Morgan fingerprint density at radius 1 is 1.29 bits per heavy atom. The number of carbonyl (C=O) groups excluding carboxylic acids is 3. The van der Waals surface area contributed by atoms with E-state index in [1.54, 1.807) is 7.05 Å². The second-order valence-corrected chi connectivity index (χ2v) is 8.66. The highest BCUT2D eigenvalue weighted by atomic mass is 32.1. The van der Waals surface area contributed by atoms with E-state index in [0.717, 1.165) is 29.7 Å². The minimum atomic E-state index is -0.746. The topological polar surface area (TPSA) is 109 Å². The van der Waals surface area contributed by atoms with E-state index in [9.17, 15) is 14.4 Å². The number of ether oxygens (including phenoxy) is 3. The minimum Gasteiger partial charge on any atom is -0.492 e.